The molecule has 0 unspecified atom stereocenters. The highest BCUT2D eigenvalue weighted by atomic mass is 79.9. The number of halogens is 1. The molecule has 0 amide bonds. The lowest BCUT2D eigenvalue weighted by Crippen LogP contribution is -1.97. The van der Waals surface area contributed by atoms with Gasteiger partial charge in [0.25, 0.3) is 0 Å². The average molecular weight is 494 g/mol. The summed E-state index contributed by atoms with van der Waals surface area (Å²) in [6, 6.07) is 28.6. The average Bonchev–Trinajstić information content (AvgIpc) is 3.25. The summed E-state index contributed by atoms with van der Waals surface area (Å²) in [6.07, 6.45) is 1.82. The number of fused-ring (bicyclic) bond motifs is 2. The van der Waals surface area contributed by atoms with E-state index in [0.29, 0.717) is 18.0 Å². The molecule has 0 spiro atoms. The number of nitriles is 1. The number of rotatable bonds is 5. The Bertz CT molecular complexity index is 1550. The molecule has 0 saturated heterocycles. The van der Waals surface area contributed by atoms with Crippen molar-refractivity contribution in [1.29, 1.82) is 5.26 Å². The third kappa shape index (κ3) is 4.39. The third-order valence-electron chi connectivity index (χ3n) is 5.54. The minimum Gasteiger partial charge on any atom is -0.488 e. The Morgan fingerprint density at radius 2 is 1.91 bits per heavy atom. The van der Waals surface area contributed by atoms with Crippen LogP contribution in [0.15, 0.2) is 83.3 Å². The summed E-state index contributed by atoms with van der Waals surface area (Å²) in [7, 11) is 0. The molecule has 33 heavy (non-hydrogen) atoms. The molecule has 0 aliphatic rings. The van der Waals surface area contributed by atoms with Crippen LogP contribution in [0.2, 0.25) is 0 Å². The molecule has 1 N–H and O–H groups in total. The molecule has 1 heterocycles. The topological polar surface area (TPSA) is 61.7 Å². The van der Waals surface area contributed by atoms with E-state index < -0.39 is 0 Å². The van der Waals surface area contributed by atoms with Gasteiger partial charge in [0, 0.05) is 0 Å². The molecule has 0 radical (unpaired) electrons. The van der Waals surface area contributed by atoms with Gasteiger partial charge in [-0.25, -0.2) is 4.98 Å². The number of ether oxygens (including phenoxy) is 1. The predicted octanol–water partition coefficient (Wildman–Crippen LogP) is 7.43. The standard InChI is InChI=1S/C28H20BrN3O/c1-18-9-11-25-26(13-18)32-28(31-25)22(16-30)14-19-10-12-27(24(29)15-19)33-17-21-7-4-6-20-5-2-3-8-23(20)21/h2-15H,17H2,1H3,(H,31,32)/b22-14-. The molecule has 5 rings (SSSR count). The molecule has 0 bridgehead atoms. The van der Waals surface area contributed by atoms with Gasteiger partial charge in [0.15, 0.2) is 0 Å². The quantitative estimate of drug-likeness (QED) is 0.259. The van der Waals surface area contributed by atoms with Gasteiger partial charge in [-0.05, 0) is 80.7 Å². The molecule has 0 atom stereocenters. The largest absolute Gasteiger partial charge is 0.488 e. The van der Waals surface area contributed by atoms with E-state index in [-0.39, 0.29) is 0 Å². The highest BCUT2D eigenvalue weighted by Gasteiger charge is 2.10. The van der Waals surface area contributed by atoms with Gasteiger partial charge in [0.1, 0.15) is 24.3 Å². The molecule has 0 aliphatic heterocycles. The zero-order chi connectivity index (χ0) is 22.8. The van der Waals surface area contributed by atoms with E-state index in [1.165, 1.54) is 10.8 Å². The molecule has 4 aromatic carbocycles. The fourth-order valence-corrected chi connectivity index (χ4v) is 4.38. The smallest absolute Gasteiger partial charge is 0.149 e. The Morgan fingerprint density at radius 1 is 1.06 bits per heavy atom. The fourth-order valence-electron chi connectivity index (χ4n) is 3.87. The summed E-state index contributed by atoms with van der Waals surface area (Å²) < 4.78 is 6.93. The second-order valence-corrected chi connectivity index (χ2v) is 8.75. The Labute approximate surface area is 200 Å². The normalized spacial score (nSPS) is 11.6. The van der Waals surface area contributed by atoms with Crippen LogP contribution in [-0.4, -0.2) is 9.97 Å². The SMILES string of the molecule is Cc1ccc2nc(/C(C#N)=C\c3ccc(OCc4cccc5ccccc45)c(Br)c3)[nH]c2c1. The Morgan fingerprint density at radius 3 is 2.76 bits per heavy atom. The molecule has 0 aliphatic carbocycles. The number of aryl methyl sites for hydroxylation is 1. The van der Waals surface area contributed by atoms with Gasteiger partial charge in [-0.1, -0.05) is 54.6 Å². The molecular formula is C28H20BrN3O. The van der Waals surface area contributed by atoms with Crippen LogP contribution in [0.5, 0.6) is 5.75 Å². The van der Waals surface area contributed by atoms with Gasteiger partial charge in [0.2, 0.25) is 0 Å². The number of aromatic nitrogens is 2. The number of hydrogen-bond donors (Lipinski definition) is 1. The molecular weight excluding hydrogens is 474 g/mol. The lowest BCUT2D eigenvalue weighted by atomic mass is 10.1. The van der Waals surface area contributed by atoms with Gasteiger partial charge in [-0.15, -0.1) is 0 Å². The van der Waals surface area contributed by atoms with Crippen LogP contribution in [0.3, 0.4) is 0 Å². The molecule has 5 heteroatoms. The van der Waals surface area contributed by atoms with Crippen LogP contribution in [0, 0.1) is 18.3 Å². The van der Waals surface area contributed by atoms with Crippen molar-refractivity contribution in [3.05, 3.63) is 106 Å². The van der Waals surface area contributed by atoms with E-state index in [1.54, 1.807) is 0 Å². The van der Waals surface area contributed by atoms with Crippen LogP contribution in [0.25, 0.3) is 33.5 Å². The first-order valence-corrected chi connectivity index (χ1v) is 11.4. The maximum atomic E-state index is 9.73. The van der Waals surface area contributed by atoms with Gasteiger partial charge in [0.05, 0.1) is 21.1 Å². The maximum Gasteiger partial charge on any atom is 0.149 e. The molecule has 0 fully saturated rings. The Balaban J connectivity index is 1.38. The minimum atomic E-state index is 0.469. The van der Waals surface area contributed by atoms with Crippen molar-refractivity contribution in [3.63, 3.8) is 0 Å². The number of nitrogens with zero attached hydrogens (tertiary/aromatic N) is 2. The summed E-state index contributed by atoms with van der Waals surface area (Å²) in [5.41, 5.74) is 5.39. The van der Waals surface area contributed by atoms with Gasteiger partial charge in [-0.3, -0.25) is 0 Å². The van der Waals surface area contributed by atoms with Gasteiger partial charge < -0.3 is 9.72 Å². The highest BCUT2D eigenvalue weighted by molar-refractivity contribution is 9.10. The number of benzene rings is 4. The summed E-state index contributed by atoms with van der Waals surface area (Å²) in [5, 5.41) is 12.1. The van der Waals surface area contributed by atoms with Crippen molar-refractivity contribution in [1.82, 2.24) is 9.97 Å². The monoisotopic (exact) mass is 493 g/mol. The Hall–Kier alpha value is -3.88. The molecule has 4 nitrogen and oxygen atoms in total. The van der Waals surface area contributed by atoms with Crippen molar-refractivity contribution in [2.45, 2.75) is 13.5 Å². The number of allylic oxidation sites excluding steroid dienone is 1. The zero-order valence-electron chi connectivity index (χ0n) is 18.0. The summed E-state index contributed by atoms with van der Waals surface area (Å²) in [6.45, 7) is 2.50. The first kappa shape index (κ1) is 21.0. The van der Waals surface area contributed by atoms with Gasteiger partial charge >= 0.3 is 0 Å². The number of hydrogen-bond acceptors (Lipinski definition) is 3. The molecule has 0 saturated carbocycles. The lowest BCUT2D eigenvalue weighted by molar-refractivity contribution is 0.305. The van der Waals surface area contributed by atoms with Crippen LogP contribution in [0.4, 0.5) is 0 Å². The van der Waals surface area contributed by atoms with Crippen LogP contribution >= 0.6 is 15.9 Å². The highest BCUT2D eigenvalue weighted by Crippen LogP contribution is 2.29. The van der Waals surface area contributed by atoms with Crippen molar-refractivity contribution in [2.24, 2.45) is 0 Å². The van der Waals surface area contributed by atoms with Crippen molar-refractivity contribution in [2.75, 3.05) is 0 Å². The maximum absolute atomic E-state index is 9.73. The number of aromatic amines is 1. The second kappa shape index (κ2) is 8.93. The van der Waals surface area contributed by atoms with Crippen LogP contribution in [0.1, 0.15) is 22.5 Å². The molecule has 160 valence electrons. The van der Waals surface area contributed by atoms with E-state index >= 15 is 0 Å². The van der Waals surface area contributed by atoms with E-state index in [4.69, 9.17) is 4.74 Å². The summed E-state index contributed by atoms with van der Waals surface area (Å²) in [5.74, 6) is 1.31. The third-order valence-corrected chi connectivity index (χ3v) is 6.16. The van der Waals surface area contributed by atoms with E-state index in [0.717, 1.165) is 37.9 Å². The first-order valence-electron chi connectivity index (χ1n) is 10.6. The summed E-state index contributed by atoms with van der Waals surface area (Å²) >= 11 is 3.61. The van der Waals surface area contributed by atoms with E-state index in [2.05, 4.69) is 56.2 Å². The molecule has 1 aromatic heterocycles. The predicted molar refractivity (Wildman–Crippen MR) is 137 cm³/mol. The summed E-state index contributed by atoms with van der Waals surface area (Å²) in [4.78, 5) is 7.81. The molecule has 5 aromatic rings. The van der Waals surface area contributed by atoms with E-state index in [9.17, 15) is 5.26 Å². The van der Waals surface area contributed by atoms with Crippen molar-refractivity contribution >= 4 is 49.4 Å². The number of nitrogens with one attached hydrogen (secondary N) is 1. The van der Waals surface area contributed by atoms with Gasteiger partial charge in [-0.2, -0.15) is 5.26 Å². The Kier molecular flexibility index (Phi) is 5.68. The van der Waals surface area contributed by atoms with Crippen LogP contribution in [-0.2, 0) is 6.61 Å². The zero-order valence-corrected chi connectivity index (χ0v) is 19.6. The lowest BCUT2D eigenvalue weighted by Gasteiger charge is -2.11. The first-order chi connectivity index (χ1) is 16.1. The fraction of sp³-hybridized carbons (Fsp3) is 0.0714. The number of imidazole rings is 1. The number of H-pyrrole nitrogens is 1. The van der Waals surface area contributed by atoms with Crippen molar-refractivity contribution in [3.8, 4) is 11.8 Å². The second-order valence-electron chi connectivity index (χ2n) is 7.89. The van der Waals surface area contributed by atoms with E-state index in [1.807, 2.05) is 67.6 Å². The minimum absolute atomic E-state index is 0.469. The van der Waals surface area contributed by atoms with Crippen molar-refractivity contribution < 1.29 is 4.74 Å². The van der Waals surface area contributed by atoms with Crippen LogP contribution < -0.4 is 4.74 Å².